The first kappa shape index (κ1) is 14.3. The van der Waals surface area contributed by atoms with Crippen LogP contribution >= 0.6 is 15.9 Å². The van der Waals surface area contributed by atoms with Gasteiger partial charge in [-0.25, -0.2) is 4.98 Å². The molecule has 0 N–H and O–H groups in total. The van der Waals surface area contributed by atoms with E-state index in [1.807, 2.05) is 24.3 Å². The molecule has 0 bridgehead atoms. The van der Waals surface area contributed by atoms with Gasteiger partial charge in [0.15, 0.2) is 11.5 Å². The fraction of sp³-hybridized carbons (Fsp3) is 0.176. The molecule has 0 spiro atoms. The fourth-order valence-electron chi connectivity index (χ4n) is 2.59. The van der Waals surface area contributed by atoms with Crippen molar-refractivity contribution in [1.29, 1.82) is 0 Å². The van der Waals surface area contributed by atoms with Crippen LogP contribution in [0.15, 0.2) is 52.0 Å². The molecular weight excluding hydrogens is 360 g/mol. The van der Waals surface area contributed by atoms with E-state index in [1.54, 1.807) is 23.0 Å². The van der Waals surface area contributed by atoms with Crippen molar-refractivity contribution >= 4 is 26.8 Å². The van der Waals surface area contributed by atoms with Gasteiger partial charge in [0.2, 0.25) is 0 Å². The van der Waals surface area contributed by atoms with Crippen LogP contribution in [0, 0.1) is 0 Å². The summed E-state index contributed by atoms with van der Waals surface area (Å²) in [6.45, 7) is 1.48. The smallest absolute Gasteiger partial charge is 0.261 e. The highest BCUT2D eigenvalue weighted by molar-refractivity contribution is 9.10. The summed E-state index contributed by atoms with van der Waals surface area (Å²) in [6.07, 6.45) is 1.57. The van der Waals surface area contributed by atoms with E-state index < -0.39 is 0 Å². The molecule has 1 aromatic heterocycles. The molecule has 0 atom stereocenters. The van der Waals surface area contributed by atoms with Crippen LogP contribution in [0.1, 0.15) is 5.56 Å². The van der Waals surface area contributed by atoms with Gasteiger partial charge >= 0.3 is 0 Å². The predicted octanol–water partition coefficient (Wildman–Crippen LogP) is 2.98. The molecule has 0 unspecified atom stereocenters. The minimum atomic E-state index is -0.0881. The van der Waals surface area contributed by atoms with E-state index in [2.05, 4.69) is 20.9 Å². The van der Waals surface area contributed by atoms with Gasteiger partial charge in [-0.1, -0.05) is 28.1 Å². The Kier molecular flexibility index (Phi) is 3.53. The Labute approximate surface area is 140 Å². The number of fused-ring (bicyclic) bond motifs is 2. The summed E-state index contributed by atoms with van der Waals surface area (Å²) in [5.41, 5.74) is 1.56. The number of hydrogen-bond acceptors (Lipinski definition) is 4. The van der Waals surface area contributed by atoms with E-state index in [-0.39, 0.29) is 5.56 Å². The Hall–Kier alpha value is -2.34. The molecule has 0 saturated carbocycles. The summed E-state index contributed by atoms with van der Waals surface area (Å²) >= 11 is 3.41. The summed E-state index contributed by atoms with van der Waals surface area (Å²) in [7, 11) is 0. The molecule has 4 rings (SSSR count). The van der Waals surface area contributed by atoms with Crippen LogP contribution in [0.3, 0.4) is 0 Å². The monoisotopic (exact) mass is 372 g/mol. The van der Waals surface area contributed by atoms with Crippen molar-refractivity contribution in [2.24, 2.45) is 0 Å². The maximum atomic E-state index is 12.7. The number of hydrogen-bond donors (Lipinski definition) is 0. The van der Waals surface area contributed by atoms with Crippen LogP contribution in [0.5, 0.6) is 11.5 Å². The lowest BCUT2D eigenvalue weighted by Gasteiger charge is -2.18. The molecule has 0 fully saturated rings. The number of aromatic nitrogens is 2. The Morgan fingerprint density at radius 3 is 2.52 bits per heavy atom. The Morgan fingerprint density at radius 2 is 1.78 bits per heavy atom. The third-order valence-electron chi connectivity index (χ3n) is 3.75. The molecule has 1 aliphatic rings. The van der Waals surface area contributed by atoms with Gasteiger partial charge < -0.3 is 9.47 Å². The lowest BCUT2D eigenvalue weighted by Crippen LogP contribution is -2.22. The SMILES string of the molecule is O=c1c2cc3c(cc2ncn1Cc1ccc(Br)cc1)OCCO3. The first-order chi connectivity index (χ1) is 11.2. The highest BCUT2D eigenvalue weighted by Crippen LogP contribution is 2.32. The number of benzene rings is 2. The minimum Gasteiger partial charge on any atom is -0.486 e. The van der Waals surface area contributed by atoms with Crippen molar-refractivity contribution in [3.8, 4) is 11.5 Å². The topological polar surface area (TPSA) is 53.4 Å². The second kappa shape index (κ2) is 5.70. The molecular formula is C17H13BrN2O3. The summed E-state index contributed by atoms with van der Waals surface area (Å²) in [4.78, 5) is 17.1. The van der Waals surface area contributed by atoms with E-state index in [0.717, 1.165) is 10.0 Å². The normalized spacial score (nSPS) is 13.3. The largest absolute Gasteiger partial charge is 0.486 e. The van der Waals surface area contributed by atoms with E-state index >= 15 is 0 Å². The standard InChI is InChI=1S/C17H13BrN2O3/c18-12-3-1-11(2-4-12)9-20-10-19-14-8-16-15(22-5-6-23-16)7-13(14)17(20)21/h1-4,7-8,10H,5-6,9H2. The van der Waals surface area contributed by atoms with Crippen molar-refractivity contribution < 1.29 is 9.47 Å². The zero-order valence-electron chi connectivity index (χ0n) is 12.2. The molecule has 2 aromatic carbocycles. The van der Waals surface area contributed by atoms with Crippen molar-refractivity contribution in [3.05, 3.63) is 63.1 Å². The Balaban J connectivity index is 1.78. The maximum Gasteiger partial charge on any atom is 0.261 e. The first-order valence-corrected chi connectivity index (χ1v) is 8.03. The van der Waals surface area contributed by atoms with Gasteiger partial charge in [-0.05, 0) is 23.8 Å². The first-order valence-electron chi connectivity index (χ1n) is 7.24. The number of ether oxygens (including phenoxy) is 2. The summed E-state index contributed by atoms with van der Waals surface area (Å²) in [5.74, 6) is 1.24. The van der Waals surface area contributed by atoms with Gasteiger partial charge in [0.1, 0.15) is 13.2 Å². The molecule has 23 heavy (non-hydrogen) atoms. The number of rotatable bonds is 2. The lowest BCUT2D eigenvalue weighted by molar-refractivity contribution is 0.172. The lowest BCUT2D eigenvalue weighted by atomic mass is 10.2. The molecule has 0 saturated heterocycles. The van der Waals surface area contributed by atoms with Gasteiger partial charge in [0.25, 0.3) is 5.56 Å². The summed E-state index contributed by atoms with van der Waals surface area (Å²) in [6, 6.07) is 11.3. The zero-order valence-corrected chi connectivity index (χ0v) is 13.7. The van der Waals surface area contributed by atoms with Crippen molar-refractivity contribution in [3.63, 3.8) is 0 Å². The predicted molar refractivity (Wildman–Crippen MR) is 90.2 cm³/mol. The third kappa shape index (κ3) is 2.70. The molecule has 1 aliphatic heterocycles. The van der Waals surface area contributed by atoms with Gasteiger partial charge in [0.05, 0.1) is 23.8 Å². The minimum absolute atomic E-state index is 0.0881. The highest BCUT2D eigenvalue weighted by atomic mass is 79.9. The number of nitrogens with zero attached hydrogens (tertiary/aromatic N) is 2. The van der Waals surface area contributed by atoms with Gasteiger partial charge in [-0.3, -0.25) is 9.36 Å². The Bertz CT molecular complexity index is 935. The van der Waals surface area contributed by atoms with Crippen LogP contribution in [0.4, 0.5) is 0 Å². The average molecular weight is 373 g/mol. The van der Waals surface area contributed by atoms with Crippen LogP contribution in [-0.4, -0.2) is 22.8 Å². The molecule has 5 nitrogen and oxygen atoms in total. The molecule has 0 aliphatic carbocycles. The van der Waals surface area contributed by atoms with Crippen molar-refractivity contribution in [2.75, 3.05) is 13.2 Å². The maximum absolute atomic E-state index is 12.7. The van der Waals surface area contributed by atoms with Crippen LogP contribution in [0.25, 0.3) is 10.9 Å². The zero-order chi connectivity index (χ0) is 15.8. The van der Waals surface area contributed by atoms with E-state index in [9.17, 15) is 4.79 Å². The molecule has 3 aromatic rings. The summed E-state index contributed by atoms with van der Waals surface area (Å²) in [5, 5.41) is 0.536. The third-order valence-corrected chi connectivity index (χ3v) is 4.28. The van der Waals surface area contributed by atoms with Gasteiger partial charge in [-0.15, -0.1) is 0 Å². The molecule has 2 heterocycles. The second-order valence-corrected chi connectivity index (χ2v) is 6.23. The molecule has 116 valence electrons. The van der Waals surface area contributed by atoms with Crippen molar-refractivity contribution in [2.45, 2.75) is 6.54 Å². The quantitative estimate of drug-likeness (QED) is 0.693. The molecule has 6 heteroatoms. The fourth-order valence-corrected chi connectivity index (χ4v) is 2.86. The van der Waals surface area contributed by atoms with Gasteiger partial charge in [-0.2, -0.15) is 0 Å². The highest BCUT2D eigenvalue weighted by Gasteiger charge is 2.15. The van der Waals surface area contributed by atoms with E-state index in [4.69, 9.17) is 9.47 Å². The van der Waals surface area contributed by atoms with Crippen molar-refractivity contribution in [1.82, 2.24) is 9.55 Å². The Morgan fingerprint density at radius 1 is 1.09 bits per heavy atom. The summed E-state index contributed by atoms with van der Waals surface area (Å²) < 4.78 is 13.7. The van der Waals surface area contributed by atoms with Gasteiger partial charge in [0, 0.05) is 10.5 Å². The van der Waals surface area contributed by atoms with E-state index in [0.29, 0.717) is 42.2 Å². The van der Waals surface area contributed by atoms with Crippen LogP contribution in [0.2, 0.25) is 0 Å². The van der Waals surface area contributed by atoms with Crippen LogP contribution < -0.4 is 15.0 Å². The van der Waals surface area contributed by atoms with Crippen LogP contribution in [-0.2, 0) is 6.54 Å². The second-order valence-electron chi connectivity index (χ2n) is 5.32. The molecule has 0 amide bonds. The van der Waals surface area contributed by atoms with E-state index in [1.165, 1.54) is 0 Å². The molecule has 0 radical (unpaired) electrons. The average Bonchev–Trinajstić information content (AvgIpc) is 2.58. The number of halogens is 1.